The number of carbonyl (C=O) groups is 3. The van der Waals surface area contributed by atoms with Crippen molar-refractivity contribution >= 4 is 18.1 Å². The molecule has 2 amide bonds. The molecule has 0 aliphatic heterocycles. The monoisotopic (exact) mass is 383 g/mol. The molecule has 0 radical (unpaired) electrons. The summed E-state index contributed by atoms with van der Waals surface area (Å²) in [6.45, 7) is 4.06. The quantitative estimate of drug-likeness (QED) is 0.497. The third kappa shape index (κ3) is 7.22. The van der Waals surface area contributed by atoms with E-state index in [4.69, 9.17) is 4.74 Å². The van der Waals surface area contributed by atoms with E-state index >= 15 is 0 Å². The molecule has 1 rings (SSSR count). The van der Waals surface area contributed by atoms with Crippen LogP contribution in [0.15, 0.2) is 0 Å². The van der Waals surface area contributed by atoms with Crippen LogP contribution >= 0.6 is 0 Å². The molecular weight excluding hydrogens is 346 g/mol. The van der Waals surface area contributed by atoms with Crippen molar-refractivity contribution in [3.05, 3.63) is 0 Å². The molecule has 5 atom stereocenters. The van der Waals surface area contributed by atoms with E-state index in [9.17, 15) is 14.4 Å². The molecule has 7 heteroatoms. The van der Waals surface area contributed by atoms with Crippen molar-refractivity contribution in [2.24, 2.45) is 11.8 Å². The van der Waals surface area contributed by atoms with Gasteiger partial charge in [-0.2, -0.15) is 0 Å². The maximum absolute atomic E-state index is 12.6. The number of carbonyl (C=O) groups excluding carboxylic acids is 3. The maximum Gasteiger partial charge on any atom is 0.242 e. The molecule has 156 valence electrons. The van der Waals surface area contributed by atoms with Gasteiger partial charge in [0.2, 0.25) is 11.8 Å². The third-order valence-corrected chi connectivity index (χ3v) is 5.94. The number of hydrogen-bond donors (Lipinski definition) is 2. The largest absolute Gasteiger partial charge is 0.379 e. The fraction of sp³-hybridized carbons (Fsp3) is 0.850. The SMILES string of the molecule is CCC(C)C(C(CC=O)OC)N(C)C(=O)CNC(=O)CC1CCC(NC)C1. The summed E-state index contributed by atoms with van der Waals surface area (Å²) in [6.07, 6.45) is 5.20. The lowest BCUT2D eigenvalue weighted by Gasteiger charge is -2.37. The van der Waals surface area contributed by atoms with Crippen molar-refractivity contribution in [2.75, 3.05) is 27.7 Å². The molecule has 0 spiro atoms. The Kier molecular flexibility index (Phi) is 10.5. The lowest BCUT2D eigenvalue weighted by atomic mass is 9.91. The van der Waals surface area contributed by atoms with Crippen molar-refractivity contribution in [3.8, 4) is 0 Å². The van der Waals surface area contributed by atoms with Crippen LogP contribution in [0.25, 0.3) is 0 Å². The van der Waals surface area contributed by atoms with Crippen LogP contribution in [0, 0.1) is 11.8 Å². The highest BCUT2D eigenvalue weighted by atomic mass is 16.5. The summed E-state index contributed by atoms with van der Waals surface area (Å²) < 4.78 is 5.46. The second kappa shape index (κ2) is 12.1. The zero-order valence-electron chi connectivity index (χ0n) is 17.5. The number of nitrogens with zero attached hydrogens (tertiary/aromatic N) is 1. The van der Waals surface area contributed by atoms with Gasteiger partial charge in [-0.3, -0.25) is 9.59 Å². The average Bonchev–Trinajstić information content (AvgIpc) is 3.12. The summed E-state index contributed by atoms with van der Waals surface area (Å²) >= 11 is 0. The Balaban J connectivity index is 2.56. The molecule has 0 saturated heterocycles. The first-order valence-electron chi connectivity index (χ1n) is 10.0. The van der Waals surface area contributed by atoms with E-state index in [1.165, 1.54) is 0 Å². The molecule has 27 heavy (non-hydrogen) atoms. The molecule has 0 aromatic heterocycles. The van der Waals surface area contributed by atoms with Gasteiger partial charge in [0.05, 0.1) is 18.7 Å². The van der Waals surface area contributed by atoms with E-state index in [1.54, 1.807) is 19.1 Å². The van der Waals surface area contributed by atoms with Gasteiger partial charge < -0.3 is 25.1 Å². The van der Waals surface area contributed by atoms with Gasteiger partial charge >= 0.3 is 0 Å². The Morgan fingerprint density at radius 2 is 2.04 bits per heavy atom. The number of hydrogen-bond acceptors (Lipinski definition) is 5. The number of ether oxygens (including phenoxy) is 1. The number of likely N-dealkylation sites (N-methyl/N-ethyl adjacent to an activating group) is 1. The van der Waals surface area contributed by atoms with E-state index < -0.39 is 0 Å². The van der Waals surface area contributed by atoms with Crippen LogP contribution in [0.2, 0.25) is 0 Å². The van der Waals surface area contributed by atoms with Gasteiger partial charge in [-0.15, -0.1) is 0 Å². The zero-order chi connectivity index (χ0) is 20.4. The smallest absolute Gasteiger partial charge is 0.242 e. The standard InChI is InChI=1S/C20H37N3O4/c1-6-14(2)20(17(27-5)9-10-24)23(4)19(26)13-22-18(25)12-15-7-8-16(11-15)21-3/h10,14-17,20-21H,6-9,11-13H2,1-5H3,(H,22,25). The van der Waals surface area contributed by atoms with Gasteiger partial charge in [0.15, 0.2) is 0 Å². The molecule has 0 aromatic rings. The highest BCUT2D eigenvalue weighted by Crippen LogP contribution is 2.27. The van der Waals surface area contributed by atoms with Crippen LogP contribution in [0.1, 0.15) is 52.4 Å². The third-order valence-electron chi connectivity index (χ3n) is 5.94. The van der Waals surface area contributed by atoms with E-state index in [0.717, 1.165) is 32.0 Å². The Morgan fingerprint density at radius 1 is 1.33 bits per heavy atom. The van der Waals surface area contributed by atoms with E-state index in [2.05, 4.69) is 10.6 Å². The Labute approximate surface area is 163 Å². The fourth-order valence-electron chi connectivity index (χ4n) is 4.03. The Bertz CT molecular complexity index is 486. The highest BCUT2D eigenvalue weighted by molar-refractivity contribution is 5.85. The minimum Gasteiger partial charge on any atom is -0.379 e. The molecule has 1 aliphatic rings. The molecule has 0 heterocycles. The summed E-state index contributed by atoms with van der Waals surface area (Å²) in [5.74, 6) is 0.320. The van der Waals surface area contributed by atoms with E-state index in [-0.39, 0.29) is 42.8 Å². The predicted octanol–water partition coefficient (Wildman–Crippen LogP) is 1.36. The number of amides is 2. The van der Waals surface area contributed by atoms with Gasteiger partial charge in [-0.25, -0.2) is 0 Å². The molecule has 0 bridgehead atoms. The first-order chi connectivity index (χ1) is 12.9. The van der Waals surface area contributed by atoms with Crippen LogP contribution in [0.5, 0.6) is 0 Å². The maximum atomic E-state index is 12.6. The number of methoxy groups -OCH3 is 1. The summed E-state index contributed by atoms with van der Waals surface area (Å²) in [5, 5.41) is 6.02. The lowest BCUT2D eigenvalue weighted by molar-refractivity contribution is -0.138. The predicted molar refractivity (Wildman–Crippen MR) is 105 cm³/mol. The molecule has 7 nitrogen and oxygen atoms in total. The fourth-order valence-corrected chi connectivity index (χ4v) is 4.03. The number of rotatable bonds is 12. The second-order valence-corrected chi connectivity index (χ2v) is 7.70. The lowest BCUT2D eigenvalue weighted by Crippen LogP contribution is -2.51. The summed E-state index contributed by atoms with van der Waals surface area (Å²) in [7, 11) is 5.23. The highest BCUT2D eigenvalue weighted by Gasteiger charge is 2.32. The summed E-state index contributed by atoms with van der Waals surface area (Å²) in [4.78, 5) is 37.4. The van der Waals surface area contributed by atoms with Crippen molar-refractivity contribution in [3.63, 3.8) is 0 Å². The Hall–Kier alpha value is -1.47. The van der Waals surface area contributed by atoms with Crippen molar-refractivity contribution in [2.45, 2.75) is 70.6 Å². The molecule has 5 unspecified atom stereocenters. The molecule has 0 aromatic carbocycles. The first kappa shape index (κ1) is 23.6. The molecular formula is C20H37N3O4. The molecule has 1 saturated carbocycles. The van der Waals surface area contributed by atoms with Crippen LogP contribution in [-0.2, 0) is 19.1 Å². The minimum atomic E-state index is -0.348. The van der Waals surface area contributed by atoms with E-state index in [0.29, 0.717) is 18.4 Å². The molecule has 1 aliphatic carbocycles. The van der Waals surface area contributed by atoms with Crippen LogP contribution in [-0.4, -0.2) is 68.9 Å². The van der Waals surface area contributed by atoms with Gasteiger partial charge in [0.1, 0.15) is 6.29 Å². The first-order valence-corrected chi connectivity index (χ1v) is 10.0. The van der Waals surface area contributed by atoms with Gasteiger partial charge in [-0.05, 0) is 38.1 Å². The minimum absolute atomic E-state index is 0.0258. The van der Waals surface area contributed by atoms with Crippen molar-refractivity contribution in [1.29, 1.82) is 0 Å². The normalized spacial score (nSPS) is 22.7. The Morgan fingerprint density at radius 3 is 2.56 bits per heavy atom. The average molecular weight is 384 g/mol. The summed E-state index contributed by atoms with van der Waals surface area (Å²) in [5.41, 5.74) is 0. The number of aldehydes is 1. The van der Waals surface area contributed by atoms with Crippen LogP contribution in [0.4, 0.5) is 0 Å². The molecule has 1 fully saturated rings. The van der Waals surface area contributed by atoms with Crippen molar-refractivity contribution in [1.82, 2.24) is 15.5 Å². The van der Waals surface area contributed by atoms with Gasteiger partial charge in [-0.1, -0.05) is 20.3 Å². The topological polar surface area (TPSA) is 87.7 Å². The summed E-state index contributed by atoms with van der Waals surface area (Å²) in [6, 6.07) is 0.288. The van der Waals surface area contributed by atoms with Gasteiger partial charge in [0, 0.05) is 33.0 Å². The van der Waals surface area contributed by atoms with E-state index in [1.807, 2.05) is 20.9 Å². The zero-order valence-corrected chi connectivity index (χ0v) is 17.5. The second-order valence-electron chi connectivity index (χ2n) is 7.70. The number of nitrogens with one attached hydrogen (secondary N) is 2. The van der Waals surface area contributed by atoms with Crippen LogP contribution in [0.3, 0.4) is 0 Å². The van der Waals surface area contributed by atoms with Crippen molar-refractivity contribution < 1.29 is 19.1 Å². The van der Waals surface area contributed by atoms with Gasteiger partial charge in [0.25, 0.3) is 0 Å². The van der Waals surface area contributed by atoms with Crippen LogP contribution < -0.4 is 10.6 Å². The molecule has 2 N–H and O–H groups in total.